The van der Waals surface area contributed by atoms with Crippen LogP contribution in [-0.4, -0.2) is 24.1 Å². The van der Waals surface area contributed by atoms with Gasteiger partial charge in [0.2, 0.25) is 0 Å². The molecule has 0 aliphatic carbocycles. The van der Waals surface area contributed by atoms with Crippen molar-refractivity contribution in [3.05, 3.63) is 0 Å². The van der Waals surface area contributed by atoms with Gasteiger partial charge in [-0.15, -0.1) is 0 Å². The molecule has 0 heterocycles. The van der Waals surface area contributed by atoms with E-state index in [0.717, 1.165) is 0 Å². The molecule has 0 aliphatic heterocycles. The molecule has 50 valence electrons. The number of halogens is 1. The molecule has 0 saturated heterocycles. The fourth-order valence-electron chi connectivity index (χ4n) is 0.333. The van der Waals surface area contributed by atoms with Crippen molar-refractivity contribution >= 4 is 0 Å². The third kappa shape index (κ3) is 5.85. The molecule has 0 aromatic rings. The molecule has 0 rings (SSSR count). The standard InChI is InChI=1S/C5H12FNO/c1-4(6)3-7-5(2)8/h4-5,7-8H,3H2,1-2H3. The molecule has 3 heteroatoms. The van der Waals surface area contributed by atoms with Gasteiger partial charge in [-0.3, -0.25) is 5.32 Å². The van der Waals surface area contributed by atoms with E-state index in [-0.39, 0.29) is 6.54 Å². The zero-order chi connectivity index (χ0) is 6.57. The molecule has 0 fully saturated rings. The first-order valence-electron chi connectivity index (χ1n) is 2.68. The summed E-state index contributed by atoms with van der Waals surface area (Å²) in [5.41, 5.74) is 0. The molecule has 0 saturated carbocycles. The van der Waals surface area contributed by atoms with Crippen LogP contribution < -0.4 is 5.32 Å². The van der Waals surface area contributed by atoms with Crippen molar-refractivity contribution in [3.8, 4) is 0 Å². The van der Waals surface area contributed by atoms with Gasteiger partial charge in [0.15, 0.2) is 0 Å². The molecule has 2 N–H and O–H groups in total. The van der Waals surface area contributed by atoms with E-state index in [1.807, 2.05) is 0 Å². The van der Waals surface area contributed by atoms with Crippen molar-refractivity contribution < 1.29 is 9.50 Å². The second-order valence-electron chi connectivity index (χ2n) is 1.86. The first-order chi connectivity index (χ1) is 3.63. The van der Waals surface area contributed by atoms with Gasteiger partial charge in [-0.05, 0) is 13.8 Å². The highest BCUT2D eigenvalue weighted by Crippen LogP contribution is 1.83. The normalized spacial score (nSPS) is 18.0. The molecule has 0 bridgehead atoms. The van der Waals surface area contributed by atoms with Crippen molar-refractivity contribution in [3.63, 3.8) is 0 Å². The molecule has 0 spiro atoms. The van der Waals surface area contributed by atoms with Gasteiger partial charge in [-0.25, -0.2) is 4.39 Å². The second-order valence-corrected chi connectivity index (χ2v) is 1.86. The van der Waals surface area contributed by atoms with Crippen molar-refractivity contribution in [1.82, 2.24) is 5.32 Å². The lowest BCUT2D eigenvalue weighted by Crippen LogP contribution is -2.30. The van der Waals surface area contributed by atoms with E-state index < -0.39 is 12.4 Å². The molecule has 0 aromatic heterocycles. The number of rotatable bonds is 3. The van der Waals surface area contributed by atoms with Crippen LogP contribution in [0.25, 0.3) is 0 Å². The van der Waals surface area contributed by atoms with Gasteiger partial charge in [0.05, 0.1) is 0 Å². The van der Waals surface area contributed by atoms with E-state index in [0.29, 0.717) is 0 Å². The molecule has 2 atom stereocenters. The van der Waals surface area contributed by atoms with Crippen LogP contribution in [0.4, 0.5) is 4.39 Å². The minimum absolute atomic E-state index is 0.220. The number of nitrogens with one attached hydrogen (secondary N) is 1. The van der Waals surface area contributed by atoms with Crippen LogP contribution in [0.5, 0.6) is 0 Å². The number of aliphatic hydroxyl groups is 1. The quantitative estimate of drug-likeness (QED) is 0.525. The Hall–Kier alpha value is -0.150. The Balaban J connectivity index is 2.93. The van der Waals surface area contributed by atoms with Crippen molar-refractivity contribution in [1.29, 1.82) is 0 Å². The van der Waals surface area contributed by atoms with Gasteiger partial charge in [0.1, 0.15) is 12.4 Å². The topological polar surface area (TPSA) is 32.3 Å². The van der Waals surface area contributed by atoms with Gasteiger partial charge in [0, 0.05) is 6.54 Å². The average molecular weight is 121 g/mol. The third-order valence-electron chi connectivity index (χ3n) is 0.695. The van der Waals surface area contributed by atoms with E-state index in [1.54, 1.807) is 6.92 Å². The minimum atomic E-state index is -0.885. The minimum Gasteiger partial charge on any atom is -0.379 e. The van der Waals surface area contributed by atoms with Crippen LogP contribution in [0.15, 0.2) is 0 Å². The number of aliphatic hydroxyl groups excluding tert-OH is 1. The molecule has 0 aliphatic rings. The van der Waals surface area contributed by atoms with E-state index in [4.69, 9.17) is 5.11 Å². The smallest absolute Gasteiger partial charge is 0.110 e. The zero-order valence-electron chi connectivity index (χ0n) is 5.19. The Labute approximate surface area is 48.7 Å². The Morgan fingerprint density at radius 1 is 1.62 bits per heavy atom. The van der Waals surface area contributed by atoms with Crippen LogP contribution in [0.2, 0.25) is 0 Å². The Bertz CT molecular complexity index is 48.4. The summed E-state index contributed by atoms with van der Waals surface area (Å²) in [6.45, 7) is 3.22. The summed E-state index contributed by atoms with van der Waals surface area (Å²) in [5.74, 6) is 0. The highest BCUT2D eigenvalue weighted by Gasteiger charge is 1.97. The monoisotopic (exact) mass is 121 g/mol. The molecular formula is C5H12FNO. The SMILES string of the molecule is CC(F)CNC(C)O. The van der Waals surface area contributed by atoms with Gasteiger partial charge in [0.25, 0.3) is 0 Å². The van der Waals surface area contributed by atoms with Crippen LogP contribution >= 0.6 is 0 Å². The van der Waals surface area contributed by atoms with Crippen LogP contribution in [0.1, 0.15) is 13.8 Å². The highest BCUT2D eigenvalue weighted by molar-refractivity contribution is 4.51. The van der Waals surface area contributed by atoms with Gasteiger partial charge in [-0.1, -0.05) is 0 Å². The van der Waals surface area contributed by atoms with E-state index >= 15 is 0 Å². The predicted octanol–water partition coefficient (Wildman–Crippen LogP) is 0.272. The summed E-state index contributed by atoms with van der Waals surface area (Å²) in [4.78, 5) is 0. The van der Waals surface area contributed by atoms with Crippen molar-refractivity contribution in [2.75, 3.05) is 6.54 Å². The summed E-state index contributed by atoms with van der Waals surface area (Å²) in [6, 6.07) is 0. The van der Waals surface area contributed by atoms with Gasteiger partial charge < -0.3 is 5.11 Å². The lowest BCUT2D eigenvalue weighted by molar-refractivity contribution is 0.145. The van der Waals surface area contributed by atoms with Gasteiger partial charge in [-0.2, -0.15) is 0 Å². The Morgan fingerprint density at radius 3 is 2.25 bits per heavy atom. The highest BCUT2D eigenvalue weighted by atomic mass is 19.1. The van der Waals surface area contributed by atoms with Crippen molar-refractivity contribution in [2.45, 2.75) is 26.2 Å². The molecule has 2 nitrogen and oxygen atoms in total. The molecule has 0 aromatic carbocycles. The number of hydrogen-bond donors (Lipinski definition) is 2. The molecular weight excluding hydrogens is 109 g/mol. The van der Waals surface area contributed by atoms with E-state index in [2.05, 4.69) is 5.32 Å². The fraction of sp³-hybridized carbons (Fsp3) is 1.00. The average Bonchev–Trinajstić information content (AvgIpc) is 1.61. The summed E-state index contributed by atoms with van der Waals surface area (Å²) in [7, 11) is 0. The lowest BCUT2D eigenvalue weighted by Gasteiger charge is -2.06. The summed E-state index contributed by atoms with van der Waals surface area (Å²) in [6.07, 6.45) is -1.49. The predicted molar refractivity (Wildman–Crippen MR) is 30.3 cm³/mol. The second kappa shape index (κ2) is 3.80. The Kier molecular flexibility index (Phi) is 3.73. The van der Waals surface area contributed by atoms with Crippen LogP contribution in [0, 0.1) is 0 Å². The maximum atomic E-state index is 11.9. The molecule has 0 radical (unpaired) electrons. The van der Waals surface area contributed by atoms with Crippen LogP contribution in [-0.2, 0) is 0 Å². The maximum Gasteiger partial charge on any atom is 0.110 e. The lowest BCUT2D eigenvalue weighted by atomic mass is 10.4. The molecule has 2 unspecified atom stereocenters. The number of alkyl halides is 1. The van der Waals surface area contributed by atoms with Gasteiger partial charge >= 0.3 is 0 Å². The van der Waals surface area contributed by atoms with Crippen molar-refractivity contribution in [2.24, 2.45) is 0 Å². The zero-order valence-corrected chi connectivity index (χ0v) is 5.19. The maximum absolute atomic E-state index is 11.9. The first-order valence-corrected chi connectivity index (χ1v) is 2.68. The number of hydrogen-bond acceptors (Lipinski definition) is 2. The molecule has 8 heavy (non-hydrogen) atoms. The van der Waals surface area contributed by atoms with E-state index in [9.17, 15) is 4.39 Å². The van der Waals surface area contributed by atoms with E-state index in [1.165, 1.54) is 6.92 Å². The molecule has 0 amide bonds. The summed E-state index contributed by atoms with van der Waals surface area (Å²) < 4.78 is 11.9. The first kappa shape index (κ1) is 7.85. The fourth-order valence-corrected chi connectivity index (χ4v) is 0.333. The third-order valence-corrected chi connectivity index (χ3v) is 0.695. The largest absolute Gasteiger partial charge is 0.379 e. The van der Waals surface area contributed by atoms with Crippen LogP contribution in [0.3, 0.4) is 0 Å². The Morgan fingerprint density at radius 2 is 2.12 bits per heavy atom. The summed E-state index contributed by atoms with van der Waals surface area (Å²) >= 11 is 0. The summed E-state index contributed by atoms with van der Waals surface area (Å²) in [5, 5.41) is 11.0.